The summed E-state index contributed by atoms with van der Waals surface area (Å²) in [6.07, 6.45) is 0. The van der Waals surface area contributed by atoms with Crippen molar-refractivity contribution in [3.8, 4) is 5.75 Å². The minimum absolute atomic E-state index is 0.113. The minimum Gasteiger partial charge on any atom is -0.507 e. The lowest BCUT2D eigenvalue weighted by Gasteiger charge is -2.08. The van der Waals surface area contributed by atoms with Crippen LogP contribution in [0.4, 0.5) is 5.69 Å². The number of ketones is 1. The second-order valence-electron chi connectivity index (χ2n) is 5.67. The van der Waals surface area contributed by atoms with Gasteiger partial charge in [-0.1, -0.05) is 11.6 Å². The average molecular weight is 360 g/mol. The second-order valence-corrected chi connectivity index (χ2v) is 6.11. The Morgan fingerprint density at radius 2 is 2.00 bits per heavy atom. The van der Waals surface area contributed by atoms with Gasteiger partial charge in [0.15, 0.2) is 12.4 Å². The maximum absolute atomic E-state index is 12.2. The van der Waals surface area contributed by atoms with Gasteiger partial charge in [0.25, 0.3) is 0 Å². The fraction of sp³-hybridized carbons (Fsp3) is 0.167. The molecule has 0 saturated carbocycles. The predicted octanol–water partition coefficient (Wildman–Crippen LogP) is 3.14. The standard InChI is InChI=1S/C18H14ClNO5/c1-9-12-6-10(2-4-14(12)20-17(9)23)16(22)8-25-18(24)13-7-11(19)3-5-15(13)21/h2-7,9,21H,8H2,1H3,(H,20,23)/t9-/m0/s1. The van der Waals surface area contributed by atoms with Crippen LogP contribution in [0.3, 0.4) is 0 Å². The number of carbonyl (C=O) groups is 3. The third-order valence-electron chi connectivity index (χ3n) is 4.00. The summed E-state index contributed by atoms with van der Waals surface area (Å²) in [5, 5.41) is 12.6. The molecule has 128 valence electrons. The monoisotopic (exact) mass is 359 g/mol. The number of esters is 1. The van der Waals surface area contributed by atoms with Crippen LogP contribution in [-0.4, -0.2) is 29.4 Å². The van der Waals surface area contributed by atoms with Crippen molar-refractivity contribution in [2.45, 2.75) is 12.8 Å². The fourth-order valence-corrected chi connectivity index (χ4v) is 2.73. The Morgan fingerprint density at radius 1 is 1.24 bits per heavy atom. The molecule has 0 radical (unpaired) electrons. The predicted molar refractivity (Wildman–Crippen MR) is 91.2 cm³/mol. The Hall–Kier alpha value is -2.86. The number of Topliss-reactive ketones (excluding diaryl/α,β-unsaturated/α-hetero) is 1. The highest BCUT2D eigenvalue weighted by Crippen LogP contribution is 2.32. The van der Waals surface area contributed by atoms with Crippen molar-refractivity contribution in [2.24, 2.45) is 0 Å². The number of anilines is 1. The first-order valence-electron chi connectivity index (χ1n) is 7.50. The van der Waals surface area contributed by atoms with Gasteiger partial charge in [-0.15, -0.1) is 0 Å². The number of phenolic OH excluding ortho intramolecular Hbond substituents is 1. The molecule has 1 amide bonds. The zero-order chi connectivity index (χ0) is 18.1. The van der Waals surface area contributed by atoms with Gasteiger partial charge in [0.05, 0.1) is 5.92 Å². The summed E-state index contributed by atoms with van der Waals surface area (Å²) in [7, 11) is 0. The van der Waals surface area contributed by atoms with Crippen molar-refractivity contribution in [3.05, 3.63) is 58.1 Å². The molecule has 0 fully saturated rings. The highest BCUT2D eigenvalue weighted by Gasteiger charge is 2.27. The maximum Gasteiger partial charge on any atom is 0.342 e. The Bertz CT molecular complexity index is 893. The Labute approximate surface area is 148 Å². The van der Waals surface area contributed by atoms with Gasteiger partial charge in [-0.05, 0) is 48.9 Å². The molecular formula is C18H14ClNO5. The average Bonchev–Trinajstić information content (AvgIpc) is 2.88. The van der Waals surface area contributed by atoms with Crippen LogP contribution in [0.15, 0.2) is 36.4 Å². The zero-order valence-corrected chi connectivity index (χ0v) is 14.0. The van der Waals surface area contributed by atoms with Crippen LogP contribution in [-0.2, 0) is 9.53 Å². The molecule has 3 rings (SSSR count). The van der Waals surface area contributed by atoms with Crippen molar-refractivity contribution < 1.29 is 24.2 Å². The van der Waals surface area contributed by atoms with Crippen LogP contribution in [0.5, 0.6) is 5.75 Å². The molecule has 25 heavy (non-hydrogen) atoms. The van der Waals surface area contributed by atoms with Crippen molar-refractivity contribution >= 4 is 34.9 Å². The highest BCUT2D eigenvalue weighted by atomic mass is 35.5. The minimum atomic E-state index is -0.847. The molecule has 0 unspecified atom stereocenters. The molecule has 6 nitrogen and oxygen atoms in total. The number of nitrogens with one attached hydrogen (secondary N) is 1. The van der Waals surface area contributed by atoms with E-state index in [9.17, 15) is 19.5 Å². The van der Waals surface area contributed by atoms with Crippen LogP contribution in [0.25, 0.3) is 0 Å². The van der Waals surface area contributed by atoms with Crippen molar-refractivity contribution in [2.75, 3.05) is 11.9 Å². The van der Waals surface area contributed by atoms with E-state index in [-0.39, 0.29) is 28.2 Å². The molecule has 0 saturated heterocycles. The van der Waals surface area contributed by atoms with Gasteiger partial charge in [-0.2, -0.15) is 0 Å². The molecule has 1 aliphatic rings. The van der Waals surface area contributed by atoms with Crippen LogP contribution < -0.4 is 5.32 Å². The SMILES string of the molecule is C[C@@H]1C(=O)Nc2ccc(C(=O)COC(=O)c3cc(Cl)ccc3O)cc21. The third kappa shape index (κ3) is 3.34. The number of phenols is 1. The van der Waals surface area contributed by atoms with Crippen LogP contribution in [0.1, 0.15) is 39.1 Å². The van der Waals surface area contributed by atoms with Crippen LogP contribution >= 0.6 is 11.6 Å². The lowest BCUT2D eigenvalue weighted by atomic mass is 9.99. The molecule has 1 heterocycles. The third-order valence-corrected chi connectivity index (χ3v) is 4.24. The number of carbonyl (C=O) groups excluding carboxylic acids is 3. The number of hydrogen-bond donors (Lipinski definition) is 2. The van der Waals surface area contributed by atoms with E-state index in [1.807, 2.05) is 0 Å². The number of amides is 1. The highest BCUT2D eigenvalue weighted by molar-refractivity contribution is 6.31. The topological polar surface area (TPSA) is 92.7 Å². The Kier molecular flexibility index (Phi) is 4.46. The van der Waals surface area contributed by atoms with Gasteiger partial charge < -0.3 is 15.2 Å². The van der Waals surface area contributed by atoms with Gasteiger partial charge in [0, 0.05) is 16.3 Å². The van der Waals surface area contributed by atoms with Crippen LogP contribution in [0.2, 0.25) is 5.02 Å². The summed E-state index contributed by atoms with van der Waals surface area (Å²) < 4.78 is 4.96. The number of fused-ring (bicyclic) bond motifs is 1. The van der Waals surface area contributed by atoms with E-state index in [1.165, 1.54) is 18.2 Å². The molecule has 2 aromatic carbocycles. The van der Waals surface area contributed by atoms with E-state index in [0.29, 0.717) is 11.3 Å². The summed E-state index contributed by atoms with van der Waals surface area (Å²) in [6, 6.07) is 8.79. The summed E-state index contributed by atoms with van der Waals surface area (Å²) in [5.41, 5.74) is 1.63. The number of ether oxygens (including phenoxy) is 1. The number of hydrogen-bond acceptors (Lipinski definition) is 5. The van der Waals surface area contributed by atoms with E-state index in [1.54, 1.807) is 25.1 Å². The van der Waals surface area contributed by atoms with E-state index in [2.05, 4.69) is 5.32 Å². The molecular weight excluding hydrogens is 346 g/mol. The van der Waals surface area contributed by atoms with E-state index >= 15 is 0 Å². The first-order valence-corrected chi connectivity index (χ1v) is 7.88. The van der Waals surface area contributed by atoms with Gasteiger partial charge in [0.1, 0.15) is 11.3 Å². The summed E-state index contributed by atoms with van der Waals surface area (Å²) in [5.74, 6) is -2.00. The molecule has 0 spiro atoms. The molecule has 0 bridgehead atoms. The normalized spacial score (nSPS) is 15.4. The van der Waals surface area contributed by atoms with Crippen molar-refractivity contribution in [1.82, 2.24) is 0 Å². The quantitative estimate of drug-likeness (QED) is 0.646. The first kappa shape index (κ1) is 17.0. The maximum atomic E-state index is 12.2. The molecule has 7 heteroatoms. The van der Waals surface area contributed by atoms with Crippen molar-refractivity contribution in [1.29, 1.82) is 0 Å². The lowest BCUT2D eigenvalue weighted by molar-refractivity contribution is -0.116. The molecule has 1 atom stereocenters. The molecule has 2 N–H and O–H groups in total. The first-order chi connectivity index (χ1) is 11.9. The second kappa shape index (κ2) is 6.57. The molecule has 0 aliphatic carbocycles. The van der Waals surface area contributed by atoms with E-state index < -0.39 is 18.4 Å². The van der Waals surface area contributed by atoms with Crippen molar-refractivity contribution in [3.63, 3.8) is 0 Å². The molecule has 1 aliphatic heterocycles. The number of aromatic hydroxyl groups is 1. The number of halogens is 1. The largest absolute Gasteiger partial charge is 0.507 e. The van der Waals surface area contributed by atoms with E-state index in [0.717, 1.165) is 5.56 Å². The van der Waals surface area contributed by atoms with E-state index in [4.69, 9.17) is 16.3 Å². The van der Waals surface area contributed by atoms with Gasteiger partial charge in [-0.25, -0.2) is 4.79 Å². The number of benzene rings is 2. The zero-order valence-electron chi connectivity index (χ0n) is 13.2. The Balaban J connectivity index is 1.70. The van der Waals surface area contributed by atoms with Gasteiger partial charge in [-0.3, -0.25) is 9.59 Å². The van der Waals surface area contributed by atoms with Crippen LogP contribution in [0, 0.1) is 0 Å². The lowest BCUT2D eigenvalue weighted by Crippen LogP contribution is -2.14. The summed E-state index contributed by atoms with van der Waals surface area (Å²) >= 11 is 5.78. The number of rotatable bonds is 4. The molecule has 0 aromatic heterocycles. The Morgan fingerprint density at radius 3 is 2.76 bits per heavy atom. The summed E-state index contributed by atoms with van der Waals surface area (Å²) in [4.78, 5) is 35.9. The fourth-order valence-electron chi connectivity index (χ4n) is 2.55. The van der Waals surface area contributed by atoms with Gasteiger partial charge in [0.2, 0.25) is 5.91 Å². The van der Waals surface area contributed by atoms with Gasteiger partial charge >= 0.3 is 5.97 Å². The summed E-state index contributed by atoms with van der Waals surface area (Å²) in [6.45, 7) is 1.26. The smallest absolute Gasteiger partial charge is 0.342 e. The molecule has 2 aromatic rings.